The molecule has 0 amide bonds. The van der Waals surface area contributed by atoms with Crippen LogP contribution in [0, 0.1) is 17.2 Å². The Morgan fingerprint density at radius 2 is 1.96 bits per heavy atom. The predicted molar refractivity (Wildman–Crippen MR) is 98.2 cm³/mol. The summed E-state index contributed by atoms with van der Waals surface area (Å²) in [5, 5.41) is 14.0. The van der Waals surface area contributed by atoms with Gasteiger partial charge < -0.3 is 5.32 Å². The number of para-hydroxylation sites is 2. The lowest BCUT2D eigenvalue weighted by Gasteiger charge is -2.11. The number of rotatable bonds is 3. The molecule has 0 atom stereocenters. The van der Waals surface area contributed by atoms with Gasteiger partial charge in [0.25, 0.3) is 0 Å². The Balaban J connectivity index is 2.05. The number of nitriles is 1. The molecular formula is C20H18N4. The highest BCUT2D eigenvalue weighted by atomic mass is 15.0. The quantitative estimate of drug-likeness (QED) is 0.602. The SMILES string of the molecule is CC(C)CNc1ccc2cc(C#N)c3nc4ccccc4n3c2c1. The first kappa shape index (κ1) is 14.5. The van der Waals surface area contributed by atoms with Crippen LogP contribution in [-0.4, -0.2) is 15.9 Å². The van der Waals surface area contributed by atoms with Crippen LogP contribution >= 0.6 is 0 Å². The number of imidazole rings is 1. The Labute approximate surface area is 140 Å². The molecule has 4 heteroatoms. The van der Waals surface area contributed by atoms with E-state index in [1.807, 2.05) is 30.3 Å². The number of fused-ring (bicyclic) bond motifs is 5. The van der Waals surface area contributed by atoms with Crippen molar-refractivity contribution < 1.29 is 0 Å². The van der Waals surface area contributed by atoms with E-state index in [9.17, 15) is 5.26 Å². The van der Waals surface area contributed by atoms with E-state index in [4.69, 9.17) is 0 Å². The lowest BCUT2D eigenvalue weighted by molar-refractivity contribution is 0.689. The lowest BCUT2D eigenvalue weighted by atomic mass is 10.1. The van der Waals surface area contributed by atoms with E-state index in [0.29, 0.717) is 17.1 Å². The standard InChI is InChI=1S/C20H18N4/c1-13(2)12-22-16-8-7-14-9-15(11-21)20-23-17-5-3-4-6-18(17)24(20)19(14)10-16/h3-10,13,22H,12H2,1-2H3. The zero-order chi connectivity index (χ0) is 16.7. The zero-order valence-electron chi connectivity index (χ0n) is 13.7. The number of aromatic nitrogens is 2. The Morgan fingerprint density at radius 1 is 1.12 bits per heavy atom. The maximum Gasteiger partial charge on any atom is 0.156 e. The summed E-state index contributed by atoms with van der Waals surface area (Å²) in [4.78, 5) is 4.66. The highest BCUT2D eigenvalue weighted by Crippen LogP contribution is 2.27. The van der Waals surface area contributed by atoms with Gasteiger partial charge in [0.15, 0.2) is 5.65 Å². The molecule has 2 heterocycles. The first-order chi connectivity index (χ1) is 11.7. The zero-order valence-corrected chi connectivity index (χ0v) is 13.7. The fraction of sp³-hybridized carbons (Fsp3) is 0.200. The van der Waals surface area contributed by atoms with Crippen molar-refractivity contribution in [2.45, 2.75) is 13.8 Å². The fourth-order valence-electron chi connectivity index (χ4n) is 3.04. The number of nitrogens with one attached hydrogen (secondary N) is 1. The Kier molecular flexibility index (Phi) is 3.35. The van der Waals surface area contributed by atoms with Crippen molar-refractivity contribution in [2.75, 3.05) is 11.9 Å². The normalized spacial score (nSPS) is 11.4. The van der Waals surface area contributed by atoms with Gasteiger partial charge in [0, 0.05) is 17.6 Å². The number of nitrogens with zero attached hydrogens (tertiary/aromatic N) is 3. The molecule has 0 saturated heterocycles. The van der Waals surface area contributed by atoms with Gasteiger partial charge in [-0.3, -0.25) is 4.40 Å². The molecule has 0 saturated carbocycles. The Hall–Kier alpha value is -3.06. The molecule has 24 heavy (non-hydrogen) atoms. The van der Waals surface area contributed by atoms with Crippen LogP contribution in [0.25, 0.3) is 27.6 Å². The summed E-state index contributed by atoms with van der Waals surface area (Å²) in [5.41, 5.74) is 5.39. The van der Waals surface area contributed by atoms with E-state index in [1.54, 1.807) is 0 Å². The van der Waals surface area contributed by atoms with Crippen LogP contribution in [0.15, 0.2) is 48.5 Å². The molecule has 1 N–H and O–H groups in total. The molecule has 2 aromatic carbocycles. The topological polar surface area (TPSA) is 53.1 Å². The van der Waals surface area contributed by atoms with E-state index in [0.717, 1.165) is 34.2 Å². The van der Waals surface area contributed by atoms with Crippen LogP contribution in [0.1, 0.15) is 19.4 Å². The molecular weight excluding hydrogens is 296 g/mol. The highest BCUT2D eigenvalue weighted by Gasteiger charge is 2.12. The molecule has 0 spiro atoms. The second kappa shape index (κ2) is 5.54. The number of hydrogen-bond acceptors (Lipinski definition) is 3. The van der Waals surface area contributed by atoms with Crippen molar-refractivity contribution >= 4 is 33.3 Å². The first-order valence-corrected chi connectivity index (χ1v) is 8.15. The first-order valence-electron chi connectivity index (χ1n) is 8.15. The van der Waals surface area contributed by atoms with Gasteiger partial charge in [0.05, 0.1) is 22.1 Å². The summed E-state index contributed by atoms with van der Waals surface area (Å²) >= 11 is 0. The van der Waals surface area contributed by atoms with Gasteiger partial charge in [-0.25, -0.2) is 4.98 Å². The maximum absolute atomic E-state index is 9.50. The van der Waals surface area contributed by atoms with Gasteiger partial charge in [0.1, 0.15) is 6.07 Å². The molecule has 0 fully saturated rings. The Bertz CT molecular complexity index is 1100. The smallest absolute Gasteiger partial charge is 0.156 e. The van der Waals surface area contributed by atoms with E-state index >= 15 is 0 Å². The van der Waals surface area contributed by atoms with Crippen molar-refractivity contribution in [1.29, 1.82) is 5.26 Å². The second-order valence-corrected chi connectivity index (χ2v) is 6.48. The summed E-state index contributed by atoms with van der Waals surface area (Å²) in [6.07, 6.45) is 0. The monoisotopic (exact) mass is 314 g/mol. The van der Waals surface area contributed by atoms with Crippen LogP contribution < -0.4 is 5.32 Å². The lowest BCUT2D eigenvalue weighted by Crippen LogP contribution is -2.07. The molecule has 4 rings (SSSR count). The molecule has 0 aliphatic heterocycles. The van der Waals surface area contributed by atoms with Gasteiger partial charge in [-0.15, -0.1) is 0 Å². The van der Waals surface area contributed by atoms with Crippen molar-refractivity contribution in [3.63, 3.8) is 0 Å². The number of hydrogen-bond donors (Lipinski definition) is 1. The predicted octanol–water partition coefficient (Wildman–Crippen LogP) is 4.58. The maximum atomic E-state index is 9.50. The van der Waals surface area contributed by atoms with E-state index in [-0.39, 0.29) is 0 Å². The third kappa shape index (κ3) is 2.26. The summed E-state index contributed by atoms with van der Waals surface area (Å²) in [7, 11) is 0. The fourth-order valence-corrected chi connectivity index (χ4v) is 3.04. The molecule has 118 valence electrons. The molecule has 0 aliphatic carbocycles. The van der Waals surface area contributed by atoms with Crippen LogP contribution in [0.5, 0.6) is 0 Å². The highest BCUT2D eigenvalue weighted by molar-refractivity contribution is 5.94. The minimum atomic E-state index is 0.579. The average molecular weight is 314 g/mol. The van der Waals surface area contributed by atoms with Gasteiger partial charge in [-0.05, 0) is 36.2 Å². The third-order valence-electron chi connectivity index (χ3n) is 4.21. The number of benzene rings is 2. The van der Waals surface area contributed by atoms with Gasteiger partial charge in [-0.1, -0.05) is 32.0 Å². The minimum Gasteiger partial charge on any atom is -0.385 e. The van der Waals surface area contributed by atoms with E-state index in [2.05, 4.69) is 52.8 Å². The molecule has 0 aliphatic rings. The number of pyridine rings is 1. The summed E-state index contributed by atoms with van der Waals surface area (Å²) in [6, 6.07) is 18.5. The van der Waals surface area contributed by atoms with Crippen molar-refractivity contribution in [3.8, 4) is 6.07 Å². The second-order valence-electron chi connectivity index (χ2n) is 6.48. The van der Waals surface area contributed by atoms with Crippen molar-refractivity contribution in [1.82, 2.24) is 9.38 Å². The van der Waals surface area contributed by atoms with Crippen molar-refractivity contribution in [3.05, 3.63) is 54.1 Å². The van der Waals surface area contributed by atoms with Gasteiger partial charge in [0.2, 0.25) is 0 Å². The number of anilines is 1. The molecule has 2 aromatic heterocycles. The summed E-state index contributed by atoms with van der Waals surface area (Å²) in [5.74, 6) is 0.579. The molecule has 0 unspecified atom stereocenters. The molecule has 0 radical (unpaired) electrons. The minimum absolute atomic E-state index is 0.579. The third-order valence-corrected chi connectivity index (χ3v) is 4.21. The van der Waals surface area contributed by atoms with Crippen molar-refractivity contribution in [2.24, 2.45) is 5.92 Å². The van der Waals surface area contributed by atoms with Gasteiger partial charge in [-0.2, -0.15) is 5.26 Å². The molecule has 0 bridgehead atoms. The molecule has 4 nitrogen and oxygen atoms in total. The van der Waals surface area contributed by atoms with Crippen LogP contribution in [0.4, 0.5) is 5.69 Å². The van der Waals surface area contributed by atoms with Gasteiger partial charge >= 0.3 is 0 Å². The van der Waals surface area contributed by atoms with E-state index in [1.165, 1.54) is 0 Å². The van der Waals surface area contributed by atoms with Crippen LogP contribution in [0.3, 0.4) is 0 Å². The summed E-state index contributed by atoms with van der Waals surface area (Å²) in [6.45, 7) is 5.30. The van der Waals surface area contributed by atoms with E-state index < -0.39 is 0 Å². The molecule has 4 aromatic rings. The van der Waals surface area contributed by atoms with Crippen LogP contribution in [-0.2, 0) is 0 Å². The van der Waals surface area contributed by atoms with Crippen LogP contribution in [0.2, 0.25) is 0 Å². The summed E-state index contributed by atoms with van der Waals surface area (Å²) < 4.78 is 2.09. The Morgan fingerprint density at radius 3 is 2.75 bits per heavy atom. The largest absolute Gasteiger partial charge is 0.385 e. The average Bonchev–Trinajstić information content (AvgIpc) is 2.99.